The lowest BCUT2D eigenvalue weighted by molar-refractivity contribution is 0.102. The van der Waals surface area contributed by atoms with E-state index in [1.807, 2.05) is 6.07 Å². The fraction of sp³-hybridized carbons (Fsp3) is 0.318. The monoisotopic (exact) mass is 409 g/mol. The Bertz CT molecular complexity index is 1050. The summed E-state index contributed by atoms with van der Waals surface area (Å²) in [5.41, 5.74) is 4.35. The molecule has 1 aliphatic rings. The molecular weight excluding hydrogens is 386 g/mol. The number of benzene rings is 2. The van der Waals surface area contributed by atoms with Gasteiger partial charge in [0.05, 0.1) is 21.3 Å². The Hall–Kier alpha value is -3.55. The number of ether oxygens (including phenoxy) is 3. The molecule has 1 amide bonds. The molecular formula is C22H23N3O5. The predicted molar refractivity (Wildman–Crippen MR) is 110 cm³/mol. The molecule has 30 heavy (non-hydrogen) atoms. The highest BCUT2D eigenvalue weighted by Crippen LogP contribution is 2.38. The fourth-order valence-electron chi connectivity index (χ4n) is 3.73. The van der Waals surface area contributed by atoms with E-state index in [9.17, 15) is 4.79 Å². The summed E-state index contributed by atoms with van der Waals surface area (Å²) < 4.78 is 20.9. The SMILES string of the molecule is COc1cc(C(=O)Nc2nonc2-c2ccc3c(c2)CCCC3)cc(OC)c1OC. The van der Waals surface area contributed by atoms with E-state index >= 15 is 0 Å². The third-order valence-corrected chi connectivity index (χ3v) is 5.27. The van der Waals surface area contributed by atoms with Gasteiger partial charge in [-0.3, -0.25) is 4.79 Å². The van der Waals surface area contributed by atoms with Gasteiger partial charge in [-0.2, -0.15) is 0 Å². The summed E-state index contributed by atoms with van der Waals surface area (Å²) in [5, 5.41) is 10.7. The Balaban J connectivity index is 1.62. The molecule has 0 fully saturated rings. The number of methoxy groups -OCH3 is 3. The molecule has 0 aliphatic heterocycles. The van der Waals surface area contributed by atoms with Crippen LogP contribution in [0, 0.1) is 0 Å². The lowest BCUT2D eigenvalue weighted by Gasteiger charge is -2.16. The Morgan fingerprint density at radius 3 is 2.30 bits per heavy atom. The number of rotatable bonds is 6. The van der Waals surface area contributed by atoms with E-state index in [4.69, 9.17) is 18.8 Å². The summed E-state index contributed by atoms with van der Waals surface area (Å²) in [5.74, 6) is 1.04. The second-order valence-corrected chi connectivity index (χ2v) is 7.02. The fourth-order valence-corrected chi connectivity index (χ4v) is 3.73. The second kappa shape index (κ2) is 8.44. The van der Waals surface area contributed by atoms with Crippen molar-refractivity contribution in [2.24, 2.45) is 0 Å². The Morgan fingerprint density at radius 1 is 0.933 bits per heavy atom. The highest BCUT2D eigenvalue weighted by molar-refractivity contribution is 6.06. The highest BCUT2D eigenvalue weighted by Gasteiger charge is 2.21. The first kappa shape index (κ1) is 19.8. The summed E-state index contributed by atoms with van der Waals surface area (Å²) in [6, 6.07) is 9.34. The third-order valence-electron chi connectivity index (χ3n) is 5.27. The van der Waals surface area contributed by atoms with Crippen molar-refractivity contribution in [1.29, 1.82) is 0 Å². The summed E-state index contributed by atoms with van der Waals surface area (Å²) in [4.78, 5) is 12.9. The molecule has 0 unspecified atom stereocenters. The first-order chi connectivity index (χ1) is 14.6. The number of hydrogen-bond acceptors (Lipinski definition) is 7. The maximum atomic E-state index is 12.9. The van der Waals surface area contributed by atoms with Gasteiger partial charge >= 0.3 is 0 Å². The maximum Gasteiger partial charge on any atom is 0.257 e. The molecule has 1 N–H and O–H groups in total. The van der Waals surface area contributed by atoms with Crippen LogP contribution >= 0.6 is 0 Å². The minimum absolute atomic E-state index is 0.254. The number of hydrogen-bond donors (Lipinski definition) is 1. The number of carbonyl (C=O) groups excluding carboxylic acids is 1. The van der Waals surface area contributed by atoms with E-state index < -0.39 is 5.91 Å². The molecule has 1 aromatic heterocycles. The number of aromatic nitrogens is 2. The maximum absolute atomic E-state index is 12.9. The van der Waals surface area contributed by atoms with Crippen molar-refractivity contribution < 1.29 is 23.6 Å². The van der Waals surface area contributed by atoms with Crippen LogP contribution in [-0.2, 0) is 12.8 Å². The van der Waals surface area contributed by atoms with Crippen LogP contribution < -0.4 is 19.5 Å². The van der Waals surface area contributed by atoms with Crippen molar-refractivity contribution in [1.82, 2.24) is 10.3 Å². The summed E-state index contributed by atoms with van der Waals surface area (Å²) in [7, 11) is 4.50. The quantitative estimate of drug-likeness (QED) is 0.660. The first-order valence-corrected chi connectivity index (χ1v) is 9.70. The third kappa shape index (κ3) is 3.68. The van der Waals surface area contributed by atoms with Crippen LogP contribution in [0.3, 0.4) is 0 Å². The molecule has 0 bridgehead atoms. The van der Waals surface area contributed by atoms with Crippen molar-refractivity contribution in [3.63, 3.8) is 0 Å². The zero-order valence-corrected chi connectivity index (χ0v) is 17.2. The van der Waals surface area contributed by atoms with E-state index in [-0.39, 0.29) is 5.82 Å². The van der Waals surface area contributed by atoms with E-state index in [2.05, 4.69) is 27.8 Å². The molecule has 0 saturated carbocycles. The van der Waals surface area contributed by atoms with Gasteiger partial charge in [0.1, 0.15) is 0 Å². The van der Waals surface area contributed by atoms with Gasteiger partial charge in [-0.25, -0.2) is 4.63 Å². The summed E-state index contributed by atoms with van der Waals surface area (Å²) >= 11 is 0. The standard InChI is InChI=1S/C22H23N3O5/c1-27-17-11-16(12-18(28-2)20(17)29-3)22(26)23-21-19(24-30-25-21)15-9-8-13-6-4-5-7-14(13)10-15/h8-12H,4-7H2,1-3H3,(H,23,25,26). The van der Waals surface area contributed by atoms with E-state index in [0.717, 1.165) is 18.4 Å². The Labute approximate surface area is 174 Å². The van der Waals surface area contributed by atoms with Crippen LogP contribution in [0.25, 0.3) is 11.3 Å². The highest BCUT2D eigenvalue weighted by atomic mass is 16.6. The van der Waals surface area contributed by atoms with Crippen LogP contribution in [0.5, 0.6) is 17.2 Å². The van der Waals surface area contributed by atoms with Gasteiger partial charge in [-0.1, -0.05) is 12.1 Å². The Kier molecular flexibility index (Phi) is 5.56. The number of nitrogens with one attached hydrogen (secondary N) is 1. The molecule has 0 atom stereocenters. The average Bonchev–Trinajstić information content (AvgIpc) is 3.25. The summed E-state index contributed by atoms with van der Waals surface area (Å²) in [6.07, 6.45) is 4.53. The second-order valence-electron chi connectivity index (χ2n) is 7.02. The zero-order valence-electron chi connectivity index (χ0n) is 17.2. The van der Waals surface area contributed by atoms with Crippen molar-refractivity contribution in [2.75, 3.05) is 26.6 Å². The van der Waals surface area contributed by atoms with Crippen molar-refractivity contribution in [3.8, 4) is 28.5 Å². The van der Waals surface area contributed by atoms with E-state index in [1.54, 1.807) is 12.1 Å². The number of fused-ring (bicyclic) bond motifs is 1. The first-order valence-electron chi connectivity index (χ1n) is 9.70. The number of nitrogens with zero attached hydrogens (tertiary/aromatic N) is 2. The van der Waals surface area contributed by atoms with Crippen molar-refractivity contribution in [2.45, 2.75) is 25.7 Å². The number of carbonyl (C=O) groups is 1. The van der Waals surface area contributed by atoms with Crippen LogP contribution in [0.2, 0.25) is 0 Å². The Morgan fingerprint density at radius 2 is 1.63 bits per heavy atom. The summed E-state index contributed by atoms with van der Waals surface area (Å²) in [6.45, 7) is 0. The minimum atomic E-state index is -0.399. The largest absolute Gasteiger partial charge is 0.493 e. The van der Waals surface area contributed by atoms with Gasteiger partial charge < -0.3 is 19.5 Å². The van der Waals surface area contributed by atoms with Crippen molar-refractivity contribution in [3.05, 3.63) is 47.0 Å². The molecule has 0 radical (unpaired) electrons. The molecule has 0 saturated heterocycles. The van der Waals surface area contributed by atoms with Gasteiger partial charge in [0.15, 0.2) is 17.2 Å². The number of amides is 1. The van der Waals surface area contributed by atoms with Gasteiger partial charge in [0.2, 0.25) is 11.6 Å². The van der Waals surface area contributed by atoms with Gasteiger partial charge in [-0.05, 0) is 65.3 Å². The number of aryl methyl sites for hydroxylation is 2. The lowest BCUT2D eigenvalue weighted by Crippen LogP contribution is -2.13. The van der Waals surface area contributed by atoms with E-state index in [1.165, 1.54) is 45.3 Å². The van der Waals surface area contributed by atoms with Crippen LogP contribution in [0.15, 0.2) is 35.0 Å². The predicted octanol–water partition coefficient (Wildman–Crippen LogP) is 3.89. The normalized spacial score (nSPS) is 12.8. The molecule has 8 heteroatoms. The van der Waals surface area contributed by atoms with Gasteiger partial charge in [-0.15, -0.1) is 0 Å². The molecule has 4 rings (SSSR count). The molecule has 1 aliphatic carbocycles. The molecule has 2 aromatic carbocycles. The van der Waals surface area contributed by atoms with Crippen LogP contribution in [0.4, 0.5) is 5.82 Å². The molecule has 1 heterocycles. The van der Waals surface area contributed by atoms with Gasteiger partial charge in [0.25, 0.3) is 5.91 Å². The molecule has 8 nitrogen and oxygen atoms in total. The smallest absolute Gasteiger partial charge is 0.257 e. The van der Waals surface area contributed by atoms with Crippen LogP contribution in [-0.4, -0.2) is 37.5 Å². The van der Waals surface area contributed by atoms with E-state index in [0.29, 0.717) is 28.5 Å². The van der Waals surface area contributed by atoms with Crippen LogP contribution in [0.1, 0.15) is 34.3 Å². The zero-order chi connectivity index (χ0) is 21.1. The topological polar surface area (TPSA) is 95.7 Å². The van der Waals surface area contributed by atoms with Gasteiger partial charge in [0, 0.05) is 11.1 Å². The average molecular weight is 409 g/mol. The lowest BCUT2D eigenvalue weighted by atomic mass is 9.90. The number of anilines is 1. The molecule has 0 spiro atoms. The molecule has 156 valence electrons. The molecule has 3 aromatic rings. The minimum Gasteiger partial charge on any atom is -0.493 e. The van der Waals surface area contributed by atoms with Crippen molar-refractivity contribution >= 4 is 11.7 Å².